The smallest absolute Gasteiger partial charge is 0.369 e. The Hall–Kier alpha value is -3.98. The number of halogens is 3. The van der Waals surface area contributed by atoms with Crippen molar-refractivity contribution in [3.63, 3.8) is 0 Å². The van der Waals surface area contributed by atoms with Gasteiger partial charge < -0.3 is 15.5 Å². The number of nitrogens with one attached hydrogen (secondary N) is 3. The zero-order chi connectivity index (χ0) is 27.1. The Balaban J connectivity index is 1.57. The van der Waals surface area contributed by atoms with E-state index >= 15 is 0 Å². The third-order valence-corrected chi connectivity index (χ3v) is 7.49. The standard InChI is InChI=1S/C23H23F3N8O3S/c1-14-17-12-18(19-6-7-28-32-19)21(35)34(13-38(36,37)23(24,25)26)20(17)31-22(29-14)30-15-2-4-16(5-3-15)33-10-8-27-9-11-33/h2-7,12,27H,8-11,13H2,1H3,(H,28,32)(H,29,30,31). The summed E-state index contributed by atoms with van der Waals surface area (Å²) >= 11 is 0. The molecule has 1 aliphatic heterocycles. The lowest BCUT2D eigenvalue weighted by atomic mass is 10.1. The van der Waals surface area contributed by atoms with E-state index in [9.17, 15) is 26.4 Å². The summed E-state index contributed by atoms with van der Waals surface area (Å²) in [5.74, 6) is -1.64. The molecule has 0 spiro atoms. The quantitative estimate of drug-likeness (QED) is 0.332. The summed E-state index contributed by atoms with van der Waals surface area (Å²) < 4.78 is 64.4. The molecule has 4 aromatic rings. The highest BCUT2D eigenvalue weighted by molar-refractivity contribution is 7.91. The van der Waals surface area contributed by atoms with Crippen molar-refractivity contribution in [2.45, 2.75) is 18.3 Å². The number of anilines is 3. The van der Waals surface area contributed by atoms with E-state index in [1.807, 2.05) is 24.3 Å². The first kappa shape index (κ1) is 25.7. The number of sulfone groups is 1. The molecule has 5 rings (SSSR count). The van der Waals surface area contributed by atoms with Gasteiger partial charge in [-0.1, -0.05) is 0 Å². The lowest BCUT2D eigenvalue weighted by Gasteiger charge is -2.29. The van der Waals surface area contributed by atoms with Crippen LogP contribution in [0.15, 0.2) is 47.4 Å². The topological polar surface area (TPSA) is 138 Å². The number of hydrogen-bond donors (Lipinski definition) is 3. The van der Waals surface area contributed by atoms with E-state index in [0.717, 1.165) is 31.9 Å². The van der Waals surface area contributed by atoms with Crippen molar-refractivity contribution in [2.75, 3.05) is 36.4 Å². The van der Waals surface area contributed by atoms with Gasteiger partial charge in [0.15, 0.2) is 0 Å². The van der Waals surface area contributed by atoms with Gasteiger partial charge >= 0.3 is 5.51 Å². The molecule has 15 heteroatoms. The first-order valence-corrected chi connectivity index (χ1v) is 13.2. The molecule has 3 aromatic heterocycles. The van der Waals surface area contributed by atoms with Gasteiger partial charge in [-0.3, -0.25) is 14.5 Å². The largest absolute Gasteiger partial charge is 0.499 e. The molecule has 0 radical (unpaired) electrons. The Morgan fingerprint density at radius 1 is 1.08 bits per heavy atom. The van der Waals surface area contributed by atoms with Crippen LogP contribution in [-0.2, 0) is 15.7 Å². The van der Waals surface area contributed by atoms with Gasteiger partial charge in [0, 0.05) is 49.1 Å². The number of rotatable bonds is 6. The summed E-state index contributed by atoms with van der Waals surface area (Å²) in [6.45, 7) is 5.11. The van der Waals surface area contributed by atoms with Crippen molar-refractivity contribution in [1.29, 1.82) is 0 Å². The average molecular weight is 549 g/mol. The van der Waals surface area contributed by atoms with Crippen LogP contribution >= 0.6 is 0 Å². The second-order valence-electron chi connectivity index (χ2n) is 8.73. The van der Waals surface area contributed by atoms with Crippen LogP contribution in [0.3, 0.4) is 0 Å². The minimum absolute atomic E-state index is 0.00299. The Morgan fingerprint density at radius 2 is 1.79 bits per heavy atom. The number of aryl methyl sites for hydroxylation is 1. The summed E-state index contributed by atoms with van der Waals surface area (Å²) in [5.41, 5.74) is -4.67. The summed E-state index contributed by atoms with van der Waals surface area (Å²) in [5, 5.41) is 12.8. The van der Waals surface area contributed by atoms with E-state index < -0.39 is 26.8 Å². The number of piperazine rings is 1. The number of alkyl halides is 3. The van der Waals surface area contributed by atoms with Crippen LogP contribution in [0.5, 0.6) is 0 Å². The fraction of sp³-hybridized carbons (Fsp3) is 0.304. The highest BCUT2D eigenvalue weighted by atomic mass is 32.2. The molecule has 0 atom stereocenters. The Morgan fingerprint density at radius 3 is 2.42 bits per heavy atom. The first-order valence-electron chi connectivity index (χ1n) is 11.6. The van der Waals surface area contributed by atoms with Crippen molar-refractivity contribution in [1.82, 2.24) is 30.0 Å². The summed E-state index contributed by atoms with van der Waals surface area (Å²) in [7, 11) is -5.70. The van der Waals surface area contributed by atoms with Gasteiger partial charge in [-0.2, -0.15) is 23.3 Å². The number of pyridine rings is 1. The molecule has 0 amide bonds. The van der Waals surface area contributed by atoms with Gasteiger partial charge in [-0.05, 0) is 43.3 Å². The van der Waals surface area contributed by atoms with E-state index in [-0.39, 0.29) is 28.2 Å². The summed E-state index contributed by atoms with van der Waals surface area (Å²) in [4.78, 5) is 24.1. The van der Waals surface area contributed by atoms with E-state index in [2.05, 4.69) is 35.7 Å². The maximum Gasteiger partial charge on any atom is 0.499 e. The molecule has 3 N–H and O–H groups in total. The van der Waals surface area contributed by atoms with Crippen molar-refractivity contribution >= 4 is 38.2 Å². The molecule has 0 bridgehead atoms. The molecule has 1 fully saturated rings. The van der Waals surface area contributed by atoms with E-state index in [0.29, 0.717) is 15.9 Å². The van der Waals surface area contributed by atoms with Gasteiger partial charge in [0.2, 0.25) is 5.95 Å². The van der Waals surface area contributed by atoms with Crippen LogP contribution < -0.4 is 21.1 Å². The Bertz CT molecular complexity index is 1630. The molecule has 0 aliphatic carbocycles. The predicted molar refractivity (Wildman–Crippen MR) is 136 cm³/mol. The van der Waals surface area contributed by atoms with Crippen molar-refractivity contribution in [3.8, 4) is 11.3 Å². The summed E-state index contributed by atoms with van der Waals surface area (Å²) in [6.07, 6.45) is 1.36. The SMILES string of the molecule is Cc1nc(Nc2ccc(N3CCNCC3)cc2)nc2c1cc(-c1ccn[nH]1)c(=O)n2CS(=O)(=O)C(F)(F)F. The van der Waals surface area contributed by atoms with Gasteiger partial charge in [0.25, 0.3) is 15.4 Å². The van der Waals surface area contributed by atoms with Crippen LogP contribution in [0.1, 0.15) is 5.69 Å². The first-order chi connectivity index (χ1) is 18.0. The highest BCUT2D eigenvalue weighted by Gasteiger charge is 2.46. The van der Waals surface area contributed by atoms with E-state index in [1.54, 1.807) is 6.92 Å². The molecule has 38 heavy (non-hydrogen) atoms. The maximum absolute atomic E-state index is 13.3. The number of benzene rings is 1. The van der Waals surface area contributed by atoms with E-state index in [4.69, 9.17) is 0 Å². The lowest BCUT2D eigenvalue weighted by Crippen LogP contribution is -2.43. The zero-order valence-electron chi connectivity index (χ0n) is 20.1. The molecule has 1 aliphatic rings. The second kappa shape index (κ2) is 9.72. The molecule has 0 unspecified atom stereocenters. The number of aromatic amines is 1. The monoisotopic (exact) mass is 548 g/mol. The fourth-order valence-corrected chi connectivity index (χ4v) is 4.94. The molecule has 4 heterocycles. The van der Waals surface area contributed by atoms with Crippen LogP contribution in [0, 0.1) is 6.92 Å². The average Bonchev–Trinajstić information content (AvgIpc) is 3.41. The molecule has 1 aromatic carbocycles. The normalized spacial score (nSPS) is 14.7. The molecular weight excluding hydrogens is 525 g/mol. The highest BCUT2D eigenvalue weighted by Crippen LogP contribution is 2.28. The molecule has 200 valence electrons. The summed E-state index contributed by atoms with van der Waals surface area (Å²) in [6, 6.07) is 10.3. The number of nitrogens with zero attached hydrogens (tertiary/aromatic N) is 5. The molecule has 1 saturated heterocycles. The third-order valence-electron chi connectivity index (χ3n) is 6.18. The van der Waals surface area contributed by atoms with Gasteiger partial charge in [-0.25, -0.2) is 13.4 Å². The van der Waals surface area contributed by atoms with Crippen molar-refractivity contribution < 1.29 is 21.6 Å². The maximum atomic E-state index is 13.3. The second-order valence-corrected chi connectivity index (χ2v) is 10.7. The Kier molecular flexibility index (Phi) is 6.56. The fourth-order valence-electron chi connectivity index (χ4n) is 4.21. The van der Waals surface area contributed by atoms with Crippen LogP contribution in [0.4, 0.5) is 30.5 Å². The van der Waals surface area contributed by atoms with Gasteiger partial charge in [0.05, 0.1) is 17.0 Å². The number of H-pyrrole nitrogens is 1. The predicted octanol–water partition coefficient (Wildman–Crippen LogP) is 2.54. The number of fused-ring (bicyclic) bond motifs is 1. The van der Waals surface area contributed by atoms with Crippen molar-refractivity contribution in [3.05, 3.63) is 58.6 Å². The zero-order valence-corrected chi connectivity index (χ0v) is 20.9. The van der Waals surface area contributed by atoms with Crippen molar-refractivity contribution in [2.24, 2.45) is 0 Å². The number of hydrogen-bond acceptors (Lipinski definition) is 9. The molecular formula is C23H23F3N8O3S. The van der Waals surface area contributed by atoms with Gasteiger partial charge in [0.1, 0.15) is 11.5 Å². The van der Waals surface area contributed by atoms with Crippen LogP contribution in [-0.4, -0.2) is 64.8 Å². The molecule has 0 saturated carbocycles. The number of aromatic nitrogens is 5. The Labute approximate surface area is 214 Å². The minimum atomic E-state index is -5.70. The van der Waals surface area contributed by atoms with Crippen LogP contribution in [0.25, 0.3) is 22.3 Å². The lowest BCUT2D eigenvalue weighted by molar-refractivity contribution is -0.0442. The van der Waals surface area contributed by atoms with Gasteiger partial charge in [-0.15, -0.1) is 0 Å². The van der Waals surface area contributed by atoms with E-state index in [1.165, 1.54) is 18.3 Å². The molecule has 11 nitrogen and oxygen atoms in total. The third kappa shape index (κ3) is 4.93. The minimum Gasteiger partial charge on any atom is -0.369 e. The van der Waals surface area contributed by atoms with Crippen LogP contribution in [0.2, 0.25) is 0 Å².